The molecule has 5 N–H and O–H groups in total. The Labute approximate surface area is 158 Å². The highest BCUT2D eigenvalue weighted by molar-refractivity contribution is 5.72. The largest absolute Gasteiger partial charge is 0.507 e. The van der Waals surface area contributed by atoms with Gasteiger partial charge in [-0.25, -0.2) is 4.98 Å². The van der Waals surface area contributed by atoms with Crippen LogP contribution in [0.1, 0.15) is 18.9 Å². The molecular formula is C19H26N6O2. The molecule has 1 unspecified atom stereocenters. The number of phenolic OH excluding ortho intramolecular Hbond substituents is 1. The third-order valence-electron chi connectivity index (χ3n) is 5.36. The number of phenols is 1. The molecule has 0 aliphatic carbocycles. The van der Waals surface area contributed by atoms with Crippen LogP contribution in [0.15, 0.2) is 29.2 Å². The number of nitrogens with zero attached hydrogens (tertiary/aromatic N) is 3. The van der Waals surface area contributed by atoms with Crippen LogP contribution in [0.4, 0.5) is 11.5 Å². The number of benzene rings is 1. The van der Waals surface area contributed by atoms with Crippen molar-refractivity contribution in [3.63, 3.8) is 0 Å². The van der Waals surface area contributed by atoms with Crippen molar-refractivity contribution < 1.29 is 5.11 Å². The minimum atomic E-state index is -0.273. The summed E-state index contributed by atoms with van der Waals surface area (Å²) in [7, 11) is 0. The maximum Gasteiger partial charge on any atom is 0.293 e. The molecule has 2 aliphatic heterocycles. The monoisotopic (exact) mass is 370 g/mol. The number of aromatic nitrogens is 2. The highest BCUT2D eigenvalue weighted by Crippen LogP contribution is 2.32. The number of hydrogen-bond donors (Lipinski definition) is 4. The average Bonchev–Trinajstić information content (AvgIpc) is 2.72. The van der Waals surface area contributed by atoms with Gasteiger partial charge in [0.05, 0.1) is 5.69 Å². The van der Waals surface area contributed by atoms with Crippen LogP contribution in [0, 0.1) is 0 Å². The van der Waals surface area contributed by atoms with E-state index in [4.69, 9.17) is 5.73 Å². The Bertz CT molecular complexity index is 869. The summed E-state index contributed by atoms with van der Waals surface area (Å²) < 4.78 is 1.67. The number of piperidine rings is 1. The fourth-order valence-corrected chi connectivity index (χ4v) is 3.85. The van der Waals surface area contributed by atoms with Crippen molar-refractivity contribution in [1.29, 1.82) is 0 Å². The lowest BCUT2D eigenvalue weighted by Crippen LogP contribution is -2.43. The first-order valence-corrected chi connectivity index (χ1v) is 9.52. The molecule has 2 aromatic rings. The molecular weight excluding hydrogens is 344 g/mol. The van der Waals surface area contributed by atoms with Crippen LogP contribution < -0.4 is 26.8 Å². The van der Waals surface area contributed by atoms with E-state index in [9.17, 15) is 9.90 Å². The summed E-state index contributed by atoms with van der Waals surface area (Å²) in [4.78, 5) is 19.1. The van der Waals surface area contributed by atoms with Crippen LogP contribution in [-0.4, -0.2) is 53.9 Å². The van der Waals surface area contributed by atoms with Gasteiger partial charge < -0.3 is 30.9 Å². The lowest BCUT2D eigenvalue weighted by molar-refractivity contribution is 0.364. The van der Waals surface area contributed by atoms with Crippen LogP contribution in [0.3, 0.4) is 0 Å². The lowest BCUT2D eigenvalue weighted by atomic mass is 10.1. The van der Waals surface area contributed by atoms with Crippen LogP contribution in [0.5, 0.6) is 5.75 Å². The molecule has 3 heterocycles. The molecule has 0 radical (unpaired) electrons. The zero-order chi connectivity index (χ0) is 18.8. The van der Waals surface area contributed by atoms with Gasteiger partial charge in [0.1, 0.15) is 5.75 Å². The molecule has 2 saturated heterocycles. The zero-order valence-electron chi connectivity index (χ0n) is 15.3. The second-order valence-corrected chi connectivity index (χ2v) is 7.16. The molecule has 0 amide bonds. The Morgan fingerprint density at radius 3 is 2.74 bits per heavy atom. The van der Waals surface area contributed by atoms with Crippen molar-refractivity contribution in [3.8, 4) is 17.0 Å². The molecule has 144 valence electrons. The van der Waals surface area contributed by atoms with Gasteiger partial charge in [0.25, 0.3) is 5.56 Å². The van der Waals surface area contributed by atoms with E-state index in [1.54, 1.807) is 16.8 Å². The third-order valence-corrected chi connectivity index (χ3v) is 5.36. The summed E-state index contributed by atoms with van der Waals surface area (Å²) in [5, 5.41) is 17.1. The van der Waals surface area contributed by atoms with Crippen LogP contribution >= 0.6 is 0 Å². The van der Waals surface area contributed by atoms with Crippen molar-refractivity contribution in [1.82, 2.24) is 20.2 Å². The molecule has 1 atom stereocenters. The Morgan fingerprint density at radius 1 is 1.19 bits per heavy atom. The Morgan fingerprint density at radius 2 is 2.00 bits per heavy atom. The summed E-state index contributed by atoms with van der Waals surface area (Å²) in [5.41, 5.74) is 7.80. The van der Waals surface area contributed by atoms with E-state index in [2.05, 4.69) is 20.5 Å². The smallest absolute Gasteiger partial charge is 0.293 e. The predicted octanol–water partition coefficient (Wildman–Crippen LogP) is 0.532. The Kier molecular flexibility index (Phi) is 5.00. The van der Waals surface area contributed by atoms with Gasteiger partial charge in [0, 0.05) is 56.2 Å². The first-order chi connectivity index (χ1) is 13.1. The van der Waals surface area contributed by atoms with Crippen molar-refractivity contribution >= 4 is 11.5 Å². The molecule has 2 fully saturated rings. The van der Waals surface area contributed by atoms with Gasteiger partial charge in [-0.3, -0.25) is 4.79 Å². The molecule has 2 aliphatic rings. The molecule has 0 saturated carbocycles. The zero-order valence-corrected chi connectivity index (χ0v) is 15.3. The molecule has 0 spiro atoms. The fraction of sp³-hybridized carbons (Fsp3) is 0.474. The van der Waals surface area contributed by atoms with Crippen LogP contribution in [0.2, 0.25) is 0 Å². The number of aromatic hydroxyl groups is 1. The van der Waals surface area contributed by atoms with E-state index in [1.807, 2.05) is 12.1 Å². The average molecular weight is 370 g/mol. The van der Waals surface area contributed by atoms with Crippen molar-refractivity contribution in [2.45, 2.75) is 18.9 Å². The van der Waals surface area contributed by atoms with Crippen molar-refractivity contribution in [2.24, 2.45) is 0 Å². The summed E-state index contributed by atoms with van der Waals surface area (Å²) >= 11 is 0. The first kappa shape index (κ1) is 17.8. The maximum atomic E-state index is 12.5. The number of anilines is 2. The van der Waals surface area contributed by atoms with Gasteiger partial charge in [0.15, 0.2) is 5.82 Å². The minimum absolute atomic E-state index is 0.0370. The minimum Gasteiger partial charge on any atom is -0.507 e. The highest BCUT2D eigenvalue weighted by atomic mass is 16.3. The Balaban J connectivity index is 1.74. The summed E-state index contributed by atoms with van der Waals surface area (Å²) in [5.74, 6) is 0.0952. The maximum absolute atomic E-state index is 12.5. The number of hydrogen-bond acceptors (Lipinski definition) is 7. The van der Waals surface area contributed by atoms with Gasteiger partial charge in [-0.05, 0) is 37.6 Å². The molecule has 1 aromatic carbocycles. The topological polar surface area (TPSA) is 108 Å². The van der Waals surface area contributed by atoms with E-state index in [0.717, 1.165) is 57.8 Å². The van der Waals surface area contributed by atoms with E-state index in [1.165, 1.54) is 0 Å². The quantitative estimate of drug-likeness (QED) is 0.624. The SMILES string of the molecule is Nc1nc(-c2cc(N3CCNCC3)ccc2O)cn(C2CCCNC2)c1=O. The molecule has 1 aromatic heterocycles. The Hall–Kier alpha value is -2.58. The van der Waals surface area contributed by atoms with Gasteiger partial charge >= 0.3 is 0 Å². The second-order valence-electron chi connectivity index (χ2n) is 7.16. The first-order valence-electron chi connectivity index (χ1n) is 9.52. The van der Waals surface area contributed by atoms with Gasteiger partial charge in [0.2, 0.25) is 0 Å². The lowest BCUT2D eigenvalue weighted by Gasteiger charge is -2.30. The number of nitrogens with two attached hydrogens (primary N) is 1. The summed E-state index contributed by atoms with van der Waals surface area (Å²) in [6.45, 7) is 5.38. The number of rotatable bonds is 3. The summed E-state index contributed by atoms with van der Waals surface area (Å²) in [6, 6.07) is 5.57. The number of nitrogen functional groups attached to an aromatic ring is 1. The molecule has 8 nitrogen and oxygen atoms in total. The van der Waals surface area contributed by atoms with Gasteiger partial charge in [-0.2, -0.15) is 0 Å². The predicted molar refractivity (Wildman–Crippen MR) is 106 cm³/mol. The number of piperazine rings is 1. The van der Waals surface area contributed by atoms with Crippen molar-refractivity contribution in [2.75, 3.05) is 49.9 Å². The second kappa shape index (κ2) is 7.58. The molecule has 4 rings (SSSR count). The molecule has 8 heteroatoms. The van der Waals surface area contributed by atoms with Gasteiger partial charge in [-0.1, -0.05) is 0 Å². The highest BCUT2D eigenvalue weighted by Gasteiger charge is 2.20. The van der Waals surface area contributed by atoms with Gasteiger partial charge in [-0.15, -0.1) is 0 Å². The summed E-state index contributed by atoms with van der Waals surface area (Å²) in [6.07, 6.45) is 3.66. The molecule has 27 heavy (non-hydrogen) atoms. The van der Waals surface area contributed by atoms with Crippen LogP contribution in [0.25, 0.3) is 11.3 Å². The van der Waals surface area contributed by atoms with Crippen molar-refractivity contribution in [3.05, 3.63) is 34.7 Å². The van der Waals surface area contributed by atoms with E-state index >= 15 is 0 Å². The van der Waals surface area contributed by atoms with E-state index in [0.29, 0.717) is 11.3 Å². The van der Waals surface area contributed by atoms with Crippen LogP contribution in [-0.2, 0) is 0 Å². The normalized spacial score (nSPS) is 20.6. The fourth-order valence-electron chi connectivity index (χ4n) is 3.85. The van der Waals surface area contributed by atoms with E-state index < -0.39 is 0 Å². The van der Waals surface area contributed by atoms with E-state index in [-0.39, 0.29) is 23.2 Å². The molecule has 0 bridgehead atoms. The number of nitrogens with one attached hydrogen (secondary N) is 2. The third kappa shape index (κ3) is 3.63. The standard InChI is InChI=1S/C19H26N6O2/c20-18-19(27)25(14-2-1-5-22-11-14)12-16(23-18)15-10-13(3-4-17(15)26)24-8-6-21-7-9-24/h3-4,10,12,14,21-22,26H,1-2,5-9,11H2,(H2,20,23).